The van der Waals surface area contributed by atoms with Crippen molar-refractivity contribution in [2.45, 2.75) is 64.6 Å². The Morgan fingerprint density at radius 2 is 1.93 bits per heavy atom. The molecule has 1 rings (SSSR count). The molecule has 0 saturated carbocycles. The van der Waals surface area contributed by atoms with Crippen molar-refractivity contribution in [3.63, 3.8) is 0 Å². The summed E-state index contributed by atoms with van der Waals surface area (Å²) in [6.45, 7) is 12.1. The maximum atomic E-state index is 13.2. The number of carbonyl (C=O) groups excluding carboxylic acids is 4. The van der Waals surface area contributed by atoms with Crippen LogP contribution in [-0.4, -0.2) is 59.5 Å². The molecule has 1 heterocycles. The van der Waals surface area contributed by atoms with E-state index in [1.54, 1.807) is 34.6 Å². The predicted octanol–water partition coefficient (Wildman–Crippen LogP) is 1.82. The number of esters is 1. The molecule has 2 atom stereocenters. The largest absolute Gasteiger partial charge is 0.467 e. The van der Waals surface area contributed by atoms with Crippen LogP contribution in [-0.2, 0) is 23.9 Å². The zero-order valence-electron chi connectivity index (χ0n) is 17.0. The molecule has 8 nitrogen and oxygen atoms in total. The Kier molecular flexibility index (Phi) is 7.17. The van der Waals surface area contributed by atoms with Crippen LogP contribution in [0.4, 0.5) is 4.79 Å². The number of likely N-dealkylation sites (tertiary alicyclic amines) is 1. The lowest BCUT2D eigenvalue weighted by atomic mass is 9.90. The third kappa shape index (κ3) is 5.30. The van der Waals surface area contributed by atoms with Crippen LogP contribution < -0.4 is 5.32 Å². The van der Waals surface area contributed by atoms with Crippen LogP contribution >= 0.6 is 0 Å². The molecule has 0 aromatic heterocycles. The molecule has 2 amide bonds. The summed E-state index contributed by atoms with van der Waals surface area (Å²) in [6, 6.07) is -0.959. The quantitative estimate of drug-likeness (QED) is 0.555. The third-order valence-electron chi connectivity index (χ3n) is 4.26. The summed E-state index contributed by atoms with van der Waals surface area (Å²) in [7, 11) is 1.21. The Labute approximate surface area is 160 Å². The van der Waals surface area contributed by atoms with Gasteiger partial charge >= 0.3 is 12.1 Å². The van der Waals surface area contributed by atoms with E-state index in [2.05, 4.69) is 11.9 Å². The fourth-order valence-electron chi connectivity index (χ4n) is 3.09. The van der Waals surface area contributed by atoms with Gasteiger partial charge in [-0.1, -0.05) is 19.9 Å². The number of methoxy groups -OCH3 is 1. The van der Waals surface area contributed by atoms with Gasteiger partial charge < -0.3 is 19.7 Å². The highest BCUT2D eigenvalue weighted by Crippen LogP contribution is 2.33. The summed E-state index contributed by atoms with van der Waals surface area (Å²) >= 11 is 0. The molecule has 1 aliphatic rings. The van der Waals surface area contributed by atoms with Crippen LogP contribution in [0.1, 0.15) is 47.5 Å². The minimum Gasteiger partial charge on any atom is -0.467 e. The van der Waals surface area contributed by atoms with Gasteiger partial charge in [0.2, 0.25) is 5.91 Å². The maximum absolute atomic E-state index is 13.2. The summed E-state index contributed by atoms with van der Waals surface area (Å²) in [5.41, 5.74) is -2.16. The van der Waals surface area contributed by atoms with Crippen molar-refractivity contribution in [1.82, 2.24) is 10.2 Å². The SMILES string of the molecule is C=CC[C@@]1(C(=O)OC)CC(=O)CN1C(=O)[C@H](NC(=O)OC(C)(C)C)C(C)C. The smallest absolute Gasteiger partial charge is 0.408 e. The highest BCUT2D eigenvalue weighted by molar-refractivity contribution is 6.02. The number of nitrogens with one attached hydrogen (secondary N) is 1. The number of hydrogen-bond donors (Lipinski definition) is 1. The van der Waals surface area contributed by atoms with Crippen molar-refractivity contribution < 1.29 is 28.7 Å². The third-order valence-corrected chi connectivity index (χ3v) is 4.26. The summed E-state index contributed by atoms with van der Waals surface area (Å²) in [4.78, 5) is 51.1. The average molecular weight is 382 g/mol. The van der Waals surface area contributed by atoms with Gasteiger partial charge in [-0.25, -0.2) is 9.59 Å². The van der Waals surface area contributed by atoms with Crippen LogP contribution in [0, 0.1) is 5.92 Å². The number of ketones is 1. The van der Waals surface area contributed by atoms with Crippen molar-refractivity contribution in [3.05, 3.63) is 12.7 Å². The van der Waals surface area contributed by atoms with Gasteiger partial charge in [-0.2, -0.15) is 0 Å². The Morgan fingerprint density at radius 3 is 2.37 bits per heavy atom. The van der Waals surface area contributed by atoms with Crippen molar-refractivity contribution in [2.75, 3.05) is 13.7 Å². The normalized spacial score (nSPS) is 21.0. The van der Waals surface area contributed by atoms with Crippen molar-refractivity contribution >= 4 is 23.8 Å². The molecule has 1 saturated heterocycles. The minimum atomic E-state index is -1.44. The Morgan fingerprint density at radius 1 is 1.33 bits per heavy atom. The first-order valence-corrected chi connectivity index (χ1v) is 8.90. The molecule has 152 valence electrons. The second-order valence-electron chi connectivity index (χ2n) is 8.02. The first-order chi connectivity index (χ1) is 12.4. The second kappa shape index (κ2) is 8.54. The average Bonchev–Trinajstić information content (AvgIpc) is 2.87. The van der Waals surface area contributed by atoms with E-state index in [9.17, 15) is 19.2 Å². The first-order valence-electron chi connectivity index (χ1n) is 8.90. The lowest BCUT2D eigenvalue weighted by Gasteiger charge is -2.37. The number of hydrogen-bond acceptors (Lipinski definition) is 6. The van der Waals surface area contributed by atoms with Gasteiger partial charge in [0.15, 0.2) is 11.3 Å². The van der Waals surface area contributed by atoms with Crippen LogP contribution in [0.3, 0.4) is 0 Å². The van der Waals surface area contributed by atoms with Gasteiger partial charge in [0.05, 0.1) is 13.7 Å². The molecular weight excluding hydrogens is 352 g/mol. The summed E-state index contributed by atoms with van der Waals surface area (Å²) in [5.74, 6) is -1.76. The second-order valence-corrected chi connectivity index (χ2v) is 8.02. The fraction of sp³-hybridized carbons (Fsp3) is 0.684. The molecule has 27 heavy (non-hydrogen) atoms. The van der Waals surface area contributed by atoms with E-state index >= 15 is 0 Å². The summed E-state index contributed by atoms with van der Waals surface area (Å²) in [6.07, 6.45) is 0.664. The predicted molar refractivity (Wildman–Crippen MR) is 98.9 cm³/mol. The summed E-state index contributed by atoms with van der Waals surface area (Å²) < 4.78 is 10.1. The lowest BCUT2D eigenvalue weighted by molar-refractivity contribution is -0.160. The molecule has 0 aliphatic carbocycles. The van der Waals surface area contributed by atoms with Gasteiger partial charge in [-0.15, -0.1) is 6.58 Å². The van der Waals surface area contributed by atoms with Crippen molar-refractivity contribution in [1.29, 1.82) is 0 Å². The van der Waals surface area contributed by atoms with Gasteiger partial charge in [-0.05, 0) is 33.1 Å². The number of alkyl carbamates (subject to hydrolysis) is 1. The van der Waals surface area contributed by atoms with Crippen molar-refractivity contribution in [3.8, 4) is 0 Å². The monoisotopic (exact) mass is 382 g/mol. The molecule has 0 unspecified atom stereocenters. The van der Waals surface area contributed by atoms with E-state index in [0.717, 1.165) is 0 Å². The van der Waals surface area contributed by atoms with E-state index in [-0.39, 0.29) is 31.1 Å². The molecule has 0 bridgehead atoms. The van der Waals surface area contributed by atoms with Gasteiger partial charge in [0.1, 0.15) is 11.6 Å². The fourth-order valence-corrected chi connectivity index (χ4v) is 3.09. The van der Waals surface area contributed by atoms with E-state index in [0.29, 0.717) is 0 Å². The zero-order valence-corrected chi connectivity index (χ0v) is 17.0. The number of ether oxygens (including phenoxy) is 2. The number of nitrogens with zero attached hydrogens (tertiary/aromatic N) is 1. The molecule has 1 aliphatic heterocycles. The number of rotatable bonds is 6. The molecule has 1 N–H and O–H groups in total. The molecule has 0 radical (unpaired) electrons. The standard InChI is InChI=1S/C19H30N2O6/c1-8-9-19(16(24)26-7)10-13(22)11-21(19)15(23)14(12(2)3)20-17(25)27-18(4,5)6/h8,12,14H,1,9-11H2,2-7H3,(H,20,25)/t14-,19+/m1/s1. The highest BCUT2D eigenvalue weighted by Gasteiger charge is 2.54. The summed E-state index contributed by atoms with van der Waals surface area (Å²) in [5, 5.41) is 2.56. The lowest BCUT2D eigenvalue weighted by Crippen LogP contribution is -2.60. The maximum Gasteiger partial charge on any atom is 0.408 e. The number of carbonyl (C=O) groups is 4. The topological polar surface area (TPSA) is 102 Å². The van der Waals surface area contributed by atoms with Crippen LogP contribution in [0.2, 0.25) is 0 Å². The minimum absolute atomic E-state index is 0.0778. The Bertz CT molecular complexity index is 622. The number of amides is 2. The van der Waals surface area contributed by atoms with Crippen LogP contribution in [0.25, 0.3) is 0 Å². The van der Waals surface area contributed by atoms with E-state index in [1.807, 2.05) is 0 Å². The molecule has 0 spiro atoms. The van der Waals surface area contributed by atoms with Crippen LogP contribution in [0.15, 0.2) is 12.7 Å². The van der Waals surface area contributed by atoms with E-state index < -0.39 is 35.2 Å². The van der Waals surface area contributed by atoms with E-state index in [1.165, 1.54) is 18.1 Å². The Hall–Kier alpha value is -2.38. The van der Waals surface area contributed by atoms with Crippen LogP contribution in [0.5, 0.6) is 0 Å². The Balaban J connectivity index is 3.18. The molecule has 0 aromatic carbocycles. The van der Waals surface area contributed by atoms with Gasteiger partial charge in [0.25, 0.3) is 0 Å². The highest BCUT2D eigenvalue weighted by atomic mass is 16.6. The van der Waals surface area contributed by atoms with E-state index in [4.69, 9.17) is 9.47 Å². The molecular formula is C19H30N2O6. The van der Waals surface area contributed by atoms with Gasteiger partial charge in [0, 0.05) is 6.42 Å². The first kappa shape index (κ1) is 22.7. The zero-order chi connectivity index (χ0) is 21.0. The molecule has 1 fully saturated rings. The molecule has 0 aromatic rings. The van der Waals surface area contributed by atoms with Crippen molar-refractivity contribution in [2.24, 2.45) is 5.92 Å². The van der Waals surface area contributed by atoms with Gasteiger partial charge in [-0.3, -0.25) is 9.59 Å². The number of Topliss-reactive ketones (excluding diaryl/α,β-unsaturated/α-hetero) is 1. The molecule has 8 heteroatoms.